The number of amides is 1. The number of halogens is 1. The third-order valence-electron chi connectivity index (χ3n) is 3.26. The smallest absolute Gasteiger partial charge is 0.412 e. The van der Waals surface area contributed by atoms with Crippen molar-refractivity contribution in [3.05, 3.63) is 28.8 Å². The summed E-state index contributed by atoms with van der Waals surface area (Å²) in [5, 5.41) is 21.7. The number of hydrogen-bond donors (Lipinski definition) is 3. The van der Waals surface area contributed by atoms with Gasteiger partial charge in [-0.2, -0.15) is 0 Å². The summed E-state index contributed by atoms with van der Waals surface area (Å²) in [6.07, 6.45) is -2.27. The maximum Gasteiger partial charge on any atom is 0.412 e. The molecular formula is C16H22ClNO5. The molecule has 1 aromatic carbocycles. The Kier molecular flexibility index (Phi) is 5.66. The number of carboxylic acids is 1. The number of carboxylic acid groups (broad SMARTS) is 1. The average molecular weight is 344 g/mol. The van der Waals surface area contributed by atoms with E-state index in [1.54, 1.807) is 40.7 Å². The van der Waals surface area contributed by atoms with Gasteiger partial charge in [0.2, 0.25) is 0 Å². The molecule has 1 atom stereocenters. The van der Waals surface area contributed by atoms with Crippen LogP contribution in [0, 0.1) is 0 Å². The molecule has 1 unspecified atom stereocenters. The summed E-state index contributed by atoms with van der Waals surface area (Å²) in [5.74, 6) is -1.33. The van der Waals surface area contributed by atoms with E-state index in [0.29, 0.717) is 5.56 Å². The molecule has 23 heavy (non-hydrogen) atoms. The first kappa shape index (κ1) is 19.3. The van der Waals surface area contributed by atoms with Gasteiger partial charge in [-0.1, -0.05) is 31.5 Å². The predicted molar refractivity (Wildman–Crippen MR) is 88.0 cm³/mol. The number of aliphatic carboxylic acids is 1. The molecule has 1 aromatic rings. The summed E-state index contributed by atoms with van der Waals surface area (Å²) in [4.78, 5) is 22.9. The van der Waals surface area contributed by atoms with E-state index in [2.05, 4.69) is 5.32 Å². The van der Waals surface area contributed by atoms with Crippen molar-refractivity contribution in [1.29, 1.82) is 0 Å². The fraction of sp³-hybridized carbons (Fsp3) is 0.500. The molecule has 6 nitrogen and oxygen atoms in total. The molecule has 1 amide bonds. The Morgan fingerprint density at radius 3 is 2.26 bits per heavy atom. The van der Waals surface area contributed by atoms with Crippen LogP contribution in [0.1, 0.15) is 40.2 Å². The molecular weight excluding hydrogens is 322 g/mol. The number of ether oxygens (including phenoxy) is 1. The molecule has 0 heterocycles. The molecule has 0 saturated heterocycles. The molecule has 0 aliphatic carbocycles. The highest BCUT2D eigenvalue weighted by atomic mass is 35.5. The Morgan fingerprint density at radius 2 is 1.78 bits per heavy atom. The topological polar surface area (TPSA) is 95.9 Å². The van der Waals surface area contributed by atoms with Gasteiger partial charge in [0.15, 0.2) is 6.10 Å². The van der Waals surface area contributed by atoms with Crippen molar-refractivity contribution < 1.29 is 24.5 Å². The molecule has 0 saturated carbocycles. The zero-order chi connectivity index (χ0) is 18.0. The highest BCUT2D eigenvalue weighted by molar-refractivity contribution is 6.33. The second kappa shape index (κ2) is 6.76. The van der Waals surface area contributed by atoms with Crippen LogP contribution in [0.15, 0.2) is 18.2 Å². The Labute approximate surface area is 140 Å². The lowest BCUT2D eigenvalue weighted by Crippen LogP contribution is -2.39. The Bertz CT molecular complexity index is 607. The molecule has 0 aliphatic heterocycles. The first-order valence-electron chi connectivity index (χ1n) is 7.05. The average Bonchev–Trinajstić information content (AvgIpc) is 2.37. The molecule has 0 fully saturated rings. The van der Waals surface area contributed by atoms with Crippen molar-refractivity contribution in [2.24, 2.45) is 0 Å². The van der Waals surface area contributed by atoms with Gasteiger partial charge < -0.3 is 14.9 Å². The van der Waals surface area contributed by atoms with Gasteiger partial charge in [0.25, 0.3) is 0 Å². The molecule has 0 spiro atoms. The standard InChI is InChI=1S/C16H22ClNO5/c1-15(2,3)23-14(22)18-11-8-9(6-7-10(11)17)16(4,5)12(19)13(20)21/h6-8,12,19H,1-5H3,(H,18,22)(H,20,21). The van der Waals surface area contributed by atoms with Gasteiger partial charge in [0.05, 0.1) is 10.7 Å². The van der Waals surface area contributed by atoms with Crippen LogP contribution in [0.2, 0.25) is 5.02 Å². The van der Waals surface area contributed by atoms with Crippen LogP contribution in [0.25, 0.3) is 0 Å². The molecule has 0 bridgehead atoms. The van der Waals surface area contributed by atoms with E-state index >= 15 is 0 Å². The van der Waals surface area contributed by atoms with Crippen molar-refractivity contribution in [3.8, 4) is 0 Å². The van der Waals surface area contributed by atoms with Crippen molar-refractivity contribution in [1.82, 2.24) is 0 Å². The number of aliphatic hydroxyl groups excluding tert-OH is 1. The van der Waals surface area contributed by atoms with Gasteiger partial charge >= 0.3 is 12.1 Å². The van der Waals surface area contributed by atoms with Crippen molar-refractivity contribution in [3.63, 3.8) is 0 Å². The van der Waals surface area contributed by atoms with E-state index in [4.69, 9.17) is 21.4 Å². The Balaban J connectivity index is 3.09. The zero-order valence-electron chi connectivity index (χ0n) is 13.8. The number of rotatable bonds is 4. The first-order chi connectivity index (χ1) is 10.3. The Morgan fingerprint density at radius 1 is 1.22 bits per heavy atom. The second-order valence-electron chi connectivity index (χ2n) is 6.78. The summed E-state index contributed by atoms with van der Waals surface area (Å²) >= 11 is 6.05. The van der Waals surface area contributed by atoms with Crippen LogP contribution in [0.4, 0.5) is 10.5 Å². The quantitative estimate of drug-likeness (QED) is 0.778. The number of carbonyl (C=O) groups excluding carboxylic acids is 1. The zero-order valence-corrected chi connectivity index (χ0v) is 14.6. The Hall–Kier alpha value is -1.79. The van der Waals surface area contributed by atoms with E-state index in [1.807, 2.05) is 0 Å². The van der Waals surface area contributed by atoms with Crippen LogP contribution < -0.4 is 5.32 Å². The van der Waals surface area contributed by atoms with Crippen molar-refractivity contribution in [2.45, 2.75) is 51.7 Å². The summed E-state index contributed by atoms with van der Waals surface area (Å²) in [6, 6.07) is 4.66. The van der Waals surface area contributed by atoms with Crippen LogP contribution >= 0.6 is 11.6 Å². The molecule has 0 radical (unpaired) electrons. The molecule has 128 valence electrons. The fourth-order valence-electron chi connectivity index (χ4n) is 1.90. The van der Waals surface area contributed by atoms with Crippen molar-refractivity contribution in [2.75, 3.05) is 5.32 Å². The molecule has 1 rings (SSSR count). The SMILES string of the molecule is CC(C)(C)OC(=O)Nc1cc(C(C)(C)C(O)C(=O)O)ccc1Cl. The third-order valence-corrected chi connectivity index (χ3v) is 3.59. The monoisotopic (exact) mass is 343 g/mol. The van der Waals surface area contributed by atoms with Gasteiger partial charge in [0.1, 0.15) is 5.60 Å². The van der Waals surface area contributed by atoms with Gasteiger partial charge in [-0.3, -0.25) is 5.32 Å². The lowest BCUT2D eigenvalue weighted by atomic mass is 9.79. The number of hydrogen-bond acceptors (Lipinski definition) is 4. The minimum Gasteiger partial charge on any atom is -0.479 e. The second-order valence-corrected chi connectivity index (χ2v) is 7.19. The molecule has 0 aliphatic rings. The minimum atomic E-state index is -1.60. The lowest BCUT2D eigenvalue weighted by Gasteiger charge is -2.29. The lowest BCUT2D eigenvalue weighted by molar-refractivity contribution is -0.150. The molecule has 0 aromatic heterocycles. The van der Waals surface area contributed by atoms with Gasteiger partial charge in [-0.05, 0) is 38.5 Å². The minimum absolute atomic E-state index is 0.278. The predicted octanol–water partition coefficient (Wildman–Crippen LogP) is 3.41. The van der Waals surface area contributed by atoms with Crippen molar-refractivity contribution >= 4 is 29.4 Å². The summed E-state index contributed by atoms with van der Waals surface area (Å²) < 4.78 is 5.16. The van der Waals surface area contributed by atoms with Gasteiger partial charge in [0, 0.05) is 5.41 Å². The number of nitrogens with one attached hydrogen (secondary N) is 1. The van der Waals surface area contributed by atoms with E-state index in [-0.39, 0.29) is 10.7 Å². The number of benzene rings is 1. The highest BCUT2D eigenvalue weighted by Gasteiger charge is 2.35. The first-order valence-corrected chi connectivity index (χ1v) is 7.43. The summed E-state index contributed by atoms with van der Waals surface area (Å²) in [7, 11) is 0. The summed E-state index contributed by atoms with van der Waals surface area (Å²) in [6.45, 7) is 8.38. The highest BCUT2D eigenvalue weighted by Crippen LogP contribution is 2.33. The molecule has 3 N–H and O–H groups in total. The van der Waals surface area contributed by atoms with E-state index in [9.17, 15) is 14.7 Å². The number of aliphatic hydroxyl groups is 1. The van der Waals surface area contributed by atoms with Crippen LogP contribution in [0.3, 0.4) is 0 Å². The fourth-order valence-corrected chi connectivity index (χ4v) is 2.07. The maximum atomic E-state index is 11.8. The summed E-state index contributed by atoms with van der Waals surface area (Å²) in [5.41, 5.74) is -0.930. The third kappa shape index (κ3) is 5.11. The van der Waals surface area contributed by atoms with E-state index < -0.39 is 29.2 Å². The molecule has 7 heteroatoms. The largest absolute Gasteiger partial charge is 0.479 e. The number of anilines is 1. The van der Waals surface area contributed by atoms with E-state index in [0.717, 1.165) is 0 Å². The van der Waals surface area contributed by atoms with Crippen LogP contribution in [-0.2, 0) is 14.9 Å². The maximum absolute atomic E-state index is 11.8. The number of carbonyl (C=O) groups is 2. The van der Waals surface area contributed by atoms with Crippen LogP contribution in [0.5, 0.6) is 0 Å². The normalized spacial score (nSPS) is 13.3. The van der Waals surface area contributed by atoms with Gasteiger partial charge in [-0.25, -0.2) is 9.59 Å². The van der Waals surface area contributed by atoms with E-state index in [1.165, 1.54) is 12.1 Å². The van der Waals surface area contributed by atoms with Gasteiger partial charge in [-0.15, -0.1) is 0 Å². The van der Waals surface area contributed by atoms with Crippen LogP contribution in [-0.4, -0.2) is 34.0 Å².